The second-order valence-electron chi connectivity index (χ2n) is 7.60. The van der Waals surface area contributed by atoms with Gasteiger partial charge in [-0.25, -0.2) is 0 Å². The van der Waals surface area contributed by atoms with Crippen LogP contribution in [0.4, 0.5) is 0 Å². The molecule has 2 heterocycles. The van der Waals surface area contributed by atoms with Gasteiger partial charge in [0.15, 0.2) is 0 Å². The van der Waals surface area contributed by atoms with Crippen molar-refractivity contribution in [2.24, 2.45) is 10.8 Å². The van der Waals surface area contributed by atoms with E-state index in [0.29, 0.717) is 39.6 Å². The van der Waals surface area contributed by atoms with Crippen molar-refractivity contribution in [3.63, 3.8) is 0 Å². The zero-order valence-electron chi connectivity index (χ0n) is 16.4. The molecule has 0 bridgehead atoms. The molecule has 0 aromatic heterocycles. The summed E-state index contributed by atoms with van der Waals surface area (Å²) in [6.45, 7) is 11.4. The normalized spacial score (nSPS) is 20.8. The molecule has 1 N–H and O–H groups in total. The molecule has 0 aromatic rings. The minimum absolute atomic E-state index is 0.206. The van der Waals surface area contributed by atoms with E-state index in [2.05, 4.69) is 13.8 Å². The molecule has 0 saturated carbocycles. The van der Waals surface area contributed by atoms with Gasteiger partial charge in [-0.2, -0.15) is 0 Å². The minimum atomic E-state index is -0.626. The fourth-order valence-electron chi connectivity index (χ4n) is 2.86. The van der Waals surface area contributed by atoms with Gasteiger partial charge in [-0.1, -0.05) is 13.8 Å². The highest BCUT2D eigenvalue weighted by Crippen LogP contribution is 2.31. The Labute approximate surface area is 157 Å². The van der Waals surface area contributed by atoms with Crippen LogP contribution in [-0.4, -0.2) is 90.5 Å². The Morgan fingerprint density at radius 3 is 1.42 bits per heavy atom. The molecule has 2 rings (SSSR count). The number of aliphatic hydroxyl groups is 1. The zero-order chi connectivity index (χ0) is 18.7. The molecule has 2 aliphatic heterocycles. The quantitative estimate of drug-likeness (QED) is 0.407. The Kier molecular flexibility index (Phi) is 9.77. The Hall–Kier alpha value is -0.280. The lowest BCUT2D eigenvalue weighted by atomic mass is 9.84. The predicted molar refractivity (Wildman–Crippen MR) is 96.4 cm³/mol. The summed E-state index contributed by atoms with van der Waals surface area (Å²) in [6.07, 6.45) is 1.51. The molecule has 2 saturated heterocycles. The van der Waals surface area contributed by atoms with E-state index in [9.17, 15) is 5.11 Å². The van der Waals surface area contributed by atoms with E-state index < -0.39 is 6.10 Å². The summed E-state index contributed by atoms with van der Waals surface area (Å²) in [7, 11) is 0. The van der Waals surface area contributed by atoms with Crippen molar-refractivity contribution in [2.45, 2.75) is 32.8 Å². The van der Waals surface area contributed by atoms with Gasteiger partial charge >= 0.3 is 0 Å². The van der Waals surface area contributed by atoms with Crippen LogP contribution in [0, 0.1) is 10.8 Å². The summed E-state index contributed by atoms with van der Waals surface area (Å²) in [6, 6.07) is 0. The molecule has 0 unspecified atom stereocenters. The van der Waals surface area contributed by atoms with Crippen LogP contribution in [0.1, 0.15) is 26.7 Å². The van der Waals surface area contributed by atoms with Gasteiger partial charge in [0.25, 0.3) is 0 Å². The summed E-state index contributed by atoms with van der Waals surface area (Å²) in [5.74, 6) is 0. The third-order valence-corrected chi connectivity index (χ3v) is 5.31. The van der Waals surface area contributed by atoms with Gasteiger partial charge in [-0.05, 0) is 12.8 Å². The first-order valence-corrected chi connectivity index (χ1v) is 9.78. The van der Waals surface area contributed by atoms with Crippen molar-refractivity contribution in [1.29, 1.82) is 0 Å². The van der Waals surface area contributed by atoms with Crippen LogP contribution in [-0.2, 0) is 28.4 Å². The first-order chi connectivity index (χ1) is 12.6. The summed E-state index contributed by atoms with van der Waals surface area (Å²) >= 11 is 0. The first-order valence-electron chi connectivity index (χ1n) is 9.78. The predicted octanol–water partition coefficient (Wildman–Crippen LogP) is 1.27. The molecule has 0 spiro atoms. The number of aliphatic hydroxyl groups excluding tert-OH is 1. The largest absolute Gasteiger partial charge is 0.388 e. The third-order valence-electron chi connectivity index (χ3n) is 5.31. The number of hydrogen-bond donors (Lipinski definition) is 1. The Bertz CT molecular complexity index is 324. The summed E-state index contributed by atoms with van der Waals surface area (Å²) in [4.78, 5) is 0. The lowest BCUT2D eigenvalue weighted by molar-refractivity contribution is -0.154. The van der Waals surface area contributed by atoms with E-state index in [-0.39, 0.29) is 24.0 Å². The molecular weight excluding hydrogens is 340 g/mol. The molecule has 7 heteroatoms. The average molecular weight is 376 g/mol. The fourth-order valence-corrected chi connectivity index (χ4v) is 2.86. The van der Waals surface area contributed by atoms with Crippen LogP contribution >= 0.6 is 0 Å². The van der Waals surface area contributed by atoms with Crippen LogP contribution in [0.5, 0.6) is 0 Å². The van der Waals surface area contributed by atoms with E-state index in [0.717, 1.165) is 39.3 Å². The van der Waals surface area contributed by atoms with Gasteiger partial charge in [-0.3, -0.25) is 0 Å². The molecule has 2 aliphatic rings. The molecular formula is C19H36O7. The highest BCUT2D eigenvalue weighted by atomic mass is 16.6. The summed E-state index contributed by atoms with van der Waals surface area (Å²) in [5, 5.41) is 9.83. The molecule has 0 aliphatic carbocycles. The maximum atomic E-state index is 9.83. The topological polar surface area (TPSA) is 75.6 Å². The molecule has 0 atom stereocenters. The molecule has 7 nitrogen and oxygen atoms in total. The van der Waals surface area contributed by atoms with Crippen molar-refractivity contribution in [3.05, 3.63) is 0 Å². The van der Waals surface area contributed by atoms with Crippen molar-refractivity contribution in [1.82, 2.24) is 0 Å². The van der Waals surface area contributed by atoms with E-state index in [1.165, 1.54) is 0 Å². The summed E-state index contributed by atoms with van der Waals surface area (Å²) < 4.78 is 32.7. The van der Waals surface area contributed by atoms with Crippen LogP contribution in [0.2, 0.25) is 0 Å². The molecule has 2 fully saturated rings. The maximum absolute atomic E-state index is 9.83. The van der Waals surface area contributed by atoms with Gasteiger partial charge in [0.2, 0.25) is 0 Å². The molecule has 0 aromatic carbocycles. The van der Waals surface area contributed by atoms with Gasteiger partial charge < -0.3 is 33.5 Å². The van der Waals surface area contributed by atoms with E-state index in [1.54, 1.807) is 0 Å². The second-order valence-corrected chi connectivity index (χ2v) is 7.60. The number of hydrogen-bond acceptors (Lipinski definition) is 7. The van der Waals surface area contributed by atoms with Crippen molar-refractivity contribution >= 4 is 0 Å². The molecule has 154 valence electrons. The molecule has 26 heavy (non-hydrogen) atoms. The number of rotatable bonds is 16. The van der Waals surface area contributed by atoms with Crippen LogP contribution < -0.4 is 0 Å². The van der Waals surface area contributed by atoms with Crippen molar-refractivity contribution in [3.8, 4) is 0 Å². The first kappa shape index (κ1) is 22.0. The van der Waals surface area contributed by atoms with Crippen LogP contribution in [0.15, 0.2) is 0 Å². The average Bonchev–Trinajstić information content (AvgIpc) is 2.58. The standard InChI is InChI=1S/C19H36O7/c1-3-18(13-25-14-18)11-23-7-5-21-9-17(20)10-22-6-8-24-12-19(4-2)15-26-16-19/h17,20H,3-16H2,1-2H3. The van der Waals surface area contributed by atoms with E-state index >= 15 is 0 Å². The lowest BCUT2D eigenvalue weighted by Gasteiger charge is -2.40. The van der Waals surface area contributed by atoms with E-state index in [1.807, 2.05) is 0 Å². The smallest absolute Gasteiger partial charge is 0.101 e. The lowest BCUT2D eigenvalue weighted by Crippen LogP contribution is -2.45. The Balaban J connectivity index is 1.34. The highest BCUT2D eigenvalue weighted by molar-refractivity contribution is 4.84. The second kappa shape index (κ2) is 11.5. The van der Waals surface area contributed by atoms with Crippen molar-refractivity contribution < 1.29 is 33.5 Å². The Morgan fingerprint density at radius 2 is 1.12 bits per heavy atom. The minimum Gasteiger partial charge on any atom is -0.388 e. The Morgan fingerprint density at radius 1 is 0.731 bits per heavy atom. The van der Waals surface area contributed by atoms with Crippen molar-refractivity contribution in [2.75, 3.05) is 79.3 Å². The van der Waals surface area contributed by atoms with Gasteiger partial charge in [0, 0.05) is 10.8 Å². The van der Waals surface area contributed by atoms with Gasteiger partial charge in [-0.15, -0.1) is 0 Å². The molecule has 0 radical (unpaired) electrons. The van der Waals surface area contributed by atoms with Crippen LogP contribution in [0.25, 0.3) is 0 Å². The zero-order valence-corrected chi connectivity index (χ0v) is 16.4. The third kappa shape index (κ3) is 7.03. The van der Waals surface area contributed by atoms with Gasteiger partial charge in [0.1, 0.15) is 6.10 Å². The van der Waals surface area contributed by atoms with Crippen LogP contribution in [0.3, 0.4) is 0 Å². The highest BCUT2D eigenvalue weighted by Gasteiger charge is 2.37. The number of ether oxygens (including phenoxy) is 6. The summed E-state index contributed by atoms with van der Waals surface area (Å²) in [5.41, 5.74) is 0.412. The van der Waals surface area contributed by atoms with E-state index in [4.69, 9.17) is 28.4 Å². The monoisotopic (exact) mass is 376 g/mol. The van der Waals surface area contributed by atoms with Gasteiger partial charge in [0.05, 0.1) is 79.3 Å². The maximum Gasteiger partial charge on any atom is 0.101 e. The molecule has 0 amide bonds. The fraction of sp³-hybridized carbons (Fsp3) is 1.00. The SMILES string of the molecule is CCC1(COCCOCC(O)COCCOCC2(CC)COC2)COC1.